The molecule has 168 valence electrons. The van der Waals surface area contributed by atoms with Gasteiger partial charge in [-0.25, -0.2) is 4.98 Å². The van der Waals surface area contributed by atoms with E-state index in [9.17, 15) is 4.79 Å². The molecule has 0 bridgehead atoms. The zero-order valence-corrected chi connectivity index (χ0v) is 19.4. The molecule has 0 atom stereocenters. The Morgan fingerprint density at radius 2 is 2.03 bits per heavy atom. The van der Waals surface area contributed by atoms with Crippen molar-refractivity contribution in [3.63, 3.8) is 0 Å². The summed E-state index contributed by atoms with van der Waals surface area (Å²) in [5.74, 6) is 0.396. The first-order chi connectivity index (χ1) is 14.5. The number of methoxy groups -OCH3 is 1. The number of H-pyrrole nitrogens is 1. The SMILES string of the molecule is COCCN1CCC(n2ncc3nc(NCc4ccc(Cl)c(Cl)c4)[nH]c(=O)c32)CC1.Cl. The van der Waals surface area contributed by atoms with Gasteiger partial charge in [-0.1, -0.05) is 29.3 Å². The maximum atomic E-state index is 12.8. The summed E-state index contributed by atoms with van der Waals surface area (Å²) >= 11 is 12.0. The Hall–Kier alpha value is -1.84. The van der Waals surface area contributed by atoms with E-state index in [0.717, 1.165) is 44.6 Å². The largest absolute Gasteiger partial charge is 0.383 e. The summed E-state index contributed by atoms with van der Waals surface area (Å²) in [6.07, 6.45) is 3.54. The Bertz CT molecular complexity index is 1080. The third-order valence-corrected chi connectivity index (χ3v) is 6.15. The van der Waals surface area contributed by atoms with E-state index < -0.39 is 0 Å². The molecule has 1 aliphatic rings. The first-order valence-corrected chi connectivity index (χ1v) is 10.7. The molecule has 31 heavy (non-hydrogen) atoms. The van der Waals surface area contributed by atoms with Crippen LogP contribution in [0.25, 0.3) is 11.0 Å². The molecule has 0 aliphatic carbocycles. The average Bonchev–Trinajstić information content (AvgIpc) is 3.18. The molecule has 1 aromatic carbocycles. The Morgan fingerprint density at radius 1 is 1.26 bits per heavy atom. The lowest BCUT2D eigenvalue weighted by molar-refractivity contribution is 0.120. The van der Waals surface area contributed by atoms with E-state index in [1.807, 2.05) is 10.7 Å². The molecule has 0 saturated carbocycles. The van der Waals surface area contributed by atoms with Crippen molar-refractivity contribution in [3.05, 3.63) is 50.4 Å². The number of rotatable bonds is 7. The number of hydrogen-bond donors (Lipinski definition) is 2. The number of nitrogens with one attached hydrogen (secondary N) is 2. The first-order valence-electron chi connectivity index (χ1n) is 9.92. The van der Waals surface area contributed by atoms with E-state index in [1.54, 1.807) is 25.4 Å². The number of nitrogens with zero attached hydrogens (tertiary/aromatic N) is 4. The van der Waals surface area contributed by atoms with Crippen molar-refractivity contribution in [2.45, 2.75) is 25.4 Å². The molecule has 8 nitrogen and oxygen atoms in total. The van der Waals surface area contributed by atoms with Gasteiger partial charge in [0.05, 0.1) is 28.9 Å². The summed E-state index contributed by atoms with van der Waals surface area (Å²) in [6.45, 7) is 4.05. The fourth-order valence-electron chi connectivity index (χ4n) is 3.77. The molecular formula is C20H25Cl3N6O2. The van der Waals surface area contributed by atoms with Crippen LogP contribution in [0, 0.1) is 0 Å². The molecule has 3 aromatic rings. The van der Waals surface area contributed by atoms with Gasteiger partial charge >= 0.3 is 0 Å². The fraction of sp³-hybridized carbons (Fsp3) is 0.450. The predicted octanol–water partition coefficient (Wildman–Crippen LogP) is 3.74. The van der Waals surface area contributed by atoms with Crippen molar-refractivity contribution in [2.24, 2.45) is 0 Å². The number of halogens is 3. The van der Waals surface area contributed by atoms with Gasteiger partial charge in [-0.2, -0.15) is 5.10 Å². The molecule has 0 spiro atoms. The number of fused-ring (bicyclic) bond motifs is 1. The lowest BCUT2D eigenvalue weighted by Gasteiger charge is -2.31. The second-order valence-electron chi connectivity index (χ2n) is 7.41. The van der Waals surface area contributed by atoms with Crippen molar-refractivity contribution < 1.29 is 4.74 Å². The molecule has 0 unspecified atom stereocenters. The smallest absolute Gasteiger partial charge is 0.278 e. The van der Waals surface area contributed by atoms with Crippen LogP contribution in [0.4, 0.5) is 5.95 Å². The van der Waals surface area contributed by atoms with Crippen molar-refractivity contribution in [2.75, 3.05) is 38.7 Å². The normalized spacial score (nSPS) is 15.2. The van der Waals surface area contributed by atoms with Gasteiger partial charge in [0.15, 0.2) is 5.52 Å². The Morgan fingerprint density at radius 3 is 2.74 bits per heavy atom. The van der Waals surface area contributed by atoms with E-state index in [1.165, 1.54) is 0 Å². The monoisotopic (exact) mass is 486 g/mol. The van der Waals surface area contributed by atoms with Crippen molar-refractivity contribution in [3.8, 4) is 0 Å². The summed E-state index contributed by atoms with van der Waals surface area (Å²) in [7, 11) is 1.72. The lowest BCUT2D eigenvalue weighted by Crippen LogP contribution is -2.37. The third-order valence-electron chi connectivity index (χ3n) is 5.41. The summed E-state index contributed by atoms with van der Waals surface area (Å²) < 4.78 is 6.99. The van der Waals surface area contributed by atoms with Crippen LogP contribution in [0.2, 0.25) is 10.0 Å². The Balaban J connectivity index is 0.00000272. The van der Waals surface area contributed by atoms with Crippen LogP contribution in [0.5, 0.6) is 0 Å². The molecule has 1 fully saturated rings. The van der Waals surface area contributed by atoms with Crippen molar-refractivity contribution >= 4 is 52.6 Å². The van der Waals surface area contributed by atoms with Gasteiger partial charge < -0.3 is 15.0 Å². The number of ether oxygens (including phenoxy) is 1. The van der Waals surface area contributed by atoms with Gasteiger partial charge in [0.2, 0.25) is 5.95 Å². The minimum Gasteiger partial charge on any atom is -0.383 e. The summed E-state index contributed by atoms with van der Waals surface area (Å²) in [5.41, 5.74) is 1.83. The quantitative estimate of drug-likeness (QED) is 0.528. The molecule has 0 radical (unpaired) electrons. The number of benzene rings is 1. The number of likely N-dealkylation sites (tertiary alicyclic amines) is 1. The van der Waals surface area contributed by atoms with Crippen molar-refractivity contribution in [1.29, 1.82) is 0 Å². The molecule has 1 saturated heterocycles. The highest BCUT2D eigenvalue weighted by atomic mass is 35.5. The average molecular weight is 488 g/mol. The number of piperidine rings is 1. The van der Waals surface area contributed by atoms with Crippen LogP contribution >= 0.6 is 35.6 Å². The maximum absolute atomic E-state index is 12.8. The second-order valence-corrected chi connectivity index (χ2v) is 8.22. The van der Waals surface area contributed by atoms with Crippen LogP contribution in [-0.4, -0.2) is 58.0 Å². The van der Waals surface area contributed by atoms with Crippen LogP contribution in [-0.2, 0) is 11.3 Å². The maximum Gasteiger partial charge on any atom is 0.278 e. The highest BCUT2D eigenvalue weighted by molar-refractivity contribution is 6.42. The van der Waals surface area contributed by atoms with Gasteiger partial charge in [-0.15, -0.1) is 12.4 Å². The molecule has 2 N–H and O–H groups in total. The third kappa shape index (κ3) is 5.51. The first kappa shape index (κ1) is 23.8. The molecule has 2 aromatic heterocycles. The van der Waals surface area contributed by atoms with Crippen LogP contribution in [0.3, 0.4) is 0 Å². The number of hydrogen-bond acceptors (Lipinski definition) is 6. The zero-order chi connectivity index (χ0) is 21.1. The van der Waals surface area contributed by atoms with Crippen molar-refractivity contribution in [1.82, 2.24) is 24.6 Å². The van der Waals surface area contributed by atoms with E-state index in [2.05, 4.69) is 25.3 Å². The molecule has 4 rings (SSSR count). The fourth-order valence-corrected chi connectivity index (χ4v) is 4.09. The van der Waals surface area contributed by atoms with Gasteiger partial charge in [0, 0.05) is 33.3 Å². The molecule has 1 aliphatic heterocycles. The number of aromatic amines is 1. The molecular weight excluding hydrogens is 463 g/mol. The standard InChI is InChI=1S/C20H24Cl2N6O2.ClH/c1-30-9-8-27-6-4-14(5-7-27)28-18-17(12-24-28)25-20(26-19(18)29)23-11-13-2-3-15(21)16(22)10-13;/h2-3,10,12,14H,4-9,11H2,1H3,(H2,23,25,26,29);1H. The van der Waals surface area contributed by atoms with E-state index in [4.69, 9.17) is 27.9 Å². The number of anilines is 1. The Kier molecular flexibility index (Phi) is 8.18. The minimum atomic E-state index is -0.198. The van der Waals surface area contributed by atoms with Gasteiger partial charge in [-0.05, 0) is 30.5 Å². The highest BCUT2D eigenvalue weighted by Gasteiger charge is 2.23. The van der Waals surface area contributed by atoms with Gasteiger partial charge in [-0.3, -0.25) is 14.5 Å². The molecule has 3 heterocycles. The zero-order valence-electron chi connectivity index (χ0n) is 17.1. The minimum absolute atomic E-state index is 0. The molecule has 0 amide bonds. The predicted molar refractivity (Wildman–Crippen MR) is 126 cm³/mol. The highest BCUT2D eigenvalue weighted by Crippen LogP contribution is 2.25. The Labute approximate surface area is 196 Å². The van der Waals surface area contributed by atoms with E-state index in [-0.39, 0.29) is 24.0 Å². The summed E-state index contributed by atoms with van der Waals surface area (Å²) in [6, 6.07) is 5.59. The lowest BCUT2D eigenvalue weighted by atomic mass is 10.1. The van der Waals surface area contributed by atoms with E-state index >= 15 is 0 Å². The van der Waals surface area contributed by atoms with Gasteiger partial charge in [0.1, 0.15) is 5.52 Å². The van der Waals surface area contributed by atoms with E-state index in [0.29, 0.717) is 33.6 Å². The number of aromatic nitrogens is 4. The van der Waals surface area contributed by atoms with Crippen LogP contribution in [0.15, 0.2) is 29.2 Å². The van der Waals surface area contributed by atoms with Crippen LogP contribution in [0.1, 0.15) is 24.4 Å². The summed E-state index contributed by atoms with van der Waals surface area (Å²) in [5, 5.41) is 8.60. The topological polar surface area (TPSA) is 88.1 Å². The van der Waals surface area contributed by atoms with Gasteiger partial charge in [0.25, 0.3) is 5.56 Å². The second kappa shape index (κ2) is 10.7. The van der Waals surface area contributed by atoms with Crippen LogP contribution < -0.4 is 10.9 Å². The summed E-state index contributed by atoms with van der Waals surface area (Å²) in [4.78, 5) is 22.5. The molecule has 11 heteroatoms.